The molecular weight excluding hydrogens is 342 g/mol. The zero-order chi connectivity index (χ0) is 18.2. The number of hydrogen-bond donors (Lipinski definition) is 1. The smallest absolute Gasteiger partial charge is 0.234 e. The fourth-order valence-corrected chi connectivity index (χ4v) is 3.19. The standard InChI is InChI=1S/C22H21NO2S/c1-17-11-13-18(14-12-17)15-26-16-22(24)23-20-9-5-6-10-21(20)25-19-7-3-2-4-8-19/h2-14H,15-16H2,1H3,(H,23,24). The molecule has 26 heavy (non-hydrogen) atoms. The maximum Gasteiger partial charge on any atom is 0.234 e. The maximum absolute atomic E-state index is 12.3. The summed E-state index contributed by atoms with van der Waals surface area (Å²) in [5.74, 6) is 2.55. The van der Waals surface area contributed by atoms with Gasteiger partial charge in [0.2, 0.25) is 5.91 Å². The van der Waals surface area contributed by atoms with Gasteiger partial charge in [0.15, 0.2) is 5.75 Å². The summed E-state index contributed by atoms with van der Waals surface area (Å²) in [4.78, 5) is 12.3. The molecule has 132 valence electrons. The fraction of sp³-hybridized carbons (Fsp3) is 0.136. The Balaban J connectivity index is 1.55. The third-order valence-electron chi connectivity index (χ3n) is 3.75. The summed E-state index contributed by atoms with van der Waals surface area (Å²) in [7, 11) is 0. The first-order valence-corrected chi connectivity index (χ1v) is 9.61. The molecule has 0 aromatic heterocycles. The Morgan fingerprint density at radius 1 is 0.923 bits per heavy atom. The van der Waals surface area contributed by atoms with Gasteiger partial charge in [-0.1, -0.05) is 60.2 Å². The van der Waals surface area contributed by atoms with E-state index < -0.39 is 0 Å². The molecule has 3 aromatic carbocycles. The predicted molar refractivity (Wildman–Crippen MR) is 109 cm³/mol. The number of carbonyl (C=O) groups is 1. The second-order valence-corrected chi connectivity index (χ2v) is 6.92. The number of amides is 1. The minimum atomic E-state index is -0.0359. The van der Waals surface area contributed by atoms with Gasteiger partial charge >= 0.3 is 0 Å². The SMILES string of the molecule is Cc1ccc(CSCC(=O)Nc2ccccc2Oc2ccccc2)cc1. The molecule has 4 heteroatoms. The quantitative estimate of drug-likeness (QED) is 0.589. The lowest BCUT2D eigenvalue weighted by Crippen LogP contribution is -2.14. The van der Waals surface area contributed by atoms with Crippen LogP contribution in [-0.4, -0.2) is 11.7 Å². The van der Waals surface area contributed by atoms with Gasteiger partial charge in [-0.05, 0) is 36.8 Å². The number of benzene rings is 3. The van der Waals surface area contributed by atoms with Gasteiger partial charge in [-0.15, -0.1) is 11.8 Å². The van der Waals surface area contributed by atoms with E-state index in [4.69, 9.17) is 4.74 Å². The van der Waals surface area contributed by atoms with E-state index in [0.29, 0.717) is 17.2 Å². The predicted octanol–water partition coefficient (Wildman–Crippen LogP) is 5.66. The summed E-state index contributed by atoms with van der Waals surface area (Å²) in [5, 5.41) is 2.94. The fourth-order valence-electron chi connectivity index (χ4n) is 2.41. The molecule has 0 fully saturated rings. The lowest BCUT2D eigenvalue weighted by molar-refractivity contribution is -0.113. The normalized spacial score (nSPS) is 10.3. The highest BCUT2D eigenvalue weighted by atomic mass is 32.2. The molecule has 0 saturated heterocycles. The van der Waals surface area contributed by atoms with Gasteiger partial charge < -0.3 is 10.1 Å². The van der Waals surface area contributed by atoms with Crippen LogP contribution >= 0.6 is 11.8 Å². The van der Waals surface area contributed by atoms with Crippen LogP contribution in [0.2, 0.25) is 0 Å². The molecule has 0 heterocycles. The molecule has 3 nitrogen and oxygen atoms in total. The summed E-state index contributed by atoms with van der Waals surface area (Å²) < 4.78 is 5.87. The summed E-state index contributed by atoms with van der Waals surface area (Å²) in [6.07, 6.45) is 0. The molecule has 0 bridgehead atoms. The Bertz CT molecular complexity index is 848. The van der Waals surface area contributed by atoms with Crippen LogP contribution in [-0.2, 0) is 10.5 Å². The van der Waals surface area contributed by atoms with Crippen molar-refractivity contribution >= 4 is 23.4 Å². The van der Waals surface area contributed by atoms with Crippen molar-refractivity contribution in [2.75, 3.05) is 11.1 Å². The van der Waals surface area contributed by atoms with E-state index in [1.54, 1.807) is 11.8 Å². The maximum atomic E-state index is 12.3. The van der Waals surface area contributed by atoms with Crippen LogP contribution in [0, 0.1) is 6.92 Å². The summed E-state index contributed by atoms with van der Waals surface area (Å²) >= 11 is 1.60. The van der Waals surface area contributed by atoms with Crippen LogP contribution in [0.25, 0.3) is 0 Å². The lowest BCUT2D eigenvalue weighted by atomic mass is 10.2. The number of carbonyl (C=O) groups excluding carboxylic acids is 1. The van der Waals surface area contributed by atoms with Crippen molar-refractivity contribution in [2.45, 2.75) is 12.7 Å². The number of thioether (sulfide) groups is 1. The van der Waals surface area contributed by atoms with Crippen LogP contribution in [0.1, 0.15) is 11.1 Å². The minimum absolute atomic E-state index is 0.0359. The largest absolute Gasteiger partial charge is 0.455 e. The topological polar surface area (TPSA) is 38.3 Å². The zero-order valence-electron chi connectivity index (χ0n) is 14.6. The van der Waals surface area contributed by atoms with E-state index in [1.807, 2.05) is 54.6 Å². The number of rotatable bonds is 7. The highest BCUT2D eigenvalue weighted by Crippen LogP contribution is 2.29. The van der Waals surface area contributed by atoms with Gasteiger partial charge in [-0.25, -0.2) is 0 Å². The molecule has 1 N–H and O–H groups in total. The van der Waals surface area contributed by atoms with Gasteiger partial charge in [0.05, 0.1) is 11.4 Å². The first-order chi connectivity index (χ1) is 12.7. The van der Waals surface area contributed by atoms with Crippen LogP contribution in [0.15, 0.2) is 78.9 Å². The molecule has 0 atom stereocenters. The van der Waals surface area contributed by atoms with Crippen molar-refractivity contribution < 1.29 is 9.53 Å². The Morgan fingerprint density at radius 3 is 2.38 bits per heavy atom. The van der Waals surface area contributed by atoms with Gasteiger partial charge in [0, 0.05) is 5.75 Å². The lowest BCUT2D eigenvalue weighted by Gasteiger charge is -2.12. The van der Waals surface area contributed by atoms with E-state index in [2.05, 4.69) is 36.5 Å². The van der Waals surface area contributed by atoms with Crippen molar-refractivity contribution in [2.24, 2.45) is 0 Å². The molecule has 0 radical (unpaired) electrons. The Morgan fingerprint density at radius 2 is 1.62 bits per heavy atom. The average molecular weight is 363 g/mol. The van der Waals surface area contributed by atoms with Crippen LogP contribution in [0.5, 0.6) is 11.5 Å². The van der Waals surface area contributed by atoms with Gasteiger partial charge in [-0.2, -0.15) is 0 Å². The third-order valence-corrected chi connectivity index (χ3v) is 4.76. The number of aryl methyl sites for hydroxylation is 1. The third kappa shape index (κ3) is 5.39. The molecule has 3 aromatic rings. The van der Waals surface area contributed by atoms with E-state index in [-0.39, 0.29) is 5.91 Å². The first kappa shape index (κ1) is 18.1. The Hall–Kier alpha value is -2.72. The highest BCUT2D eigenvalue weighted by molar-refractivity contribution is 7.99. The summed E-state index contributed by atoms with van der Waals surface area (Å²) in [6, 6.07) is 25.4. The van der Waals surface area contributed by atoms with E-state index in [0.717, 1.165) is 11.5 Å². The Labute approximate surface area is 158 Å². The number of ether oxygens (including phenoxy) is 1. The Kier molecular flexibility index (Phi) is 6.34. The molecule has 0 aliphatic rings. The molecule has 0 aliphatic carbocycles. The van der Waals surface area contributed by atoms with Crippen LogP contribution in [0.4, 0.5) is 5.69 Å². The van der Waals surface area contributed by atoms with Crippen molar-refractivity contribution in [3.63, 3.8) is 0 Å². The van der Waals surface area contributed by atoms with E-state index in [1.165, 1.54) is 11.1 Å². The average Bonchev–Trinajstić information content (AvgIpc) is 2.66. The van der Waals surface area contributed by atoms with Gasteiger partial charge in [0.25, 0.3) is 0 Å². The number of nitrogens with one attached hydrogen (secondary N) is 1. The molecule has 0 unspecified atom stereocenters. The van der Waals surface area contributed by atoms with Crippen molar-refractivity contribution in [1.82, 2.24) is 0 Å². The number of hydrogen-bond acceptors (Lipinski definition) is 3. The van der Waals surface area contributed by atoms with Crippen LogP contribution in [0.3, 0.4) is 0 Å². The summed E-state index contributed by atoms with van der Waals surface area (Å²) in [6.45, 7) is 2.07. The molecule has 0 aliphatic heterocycles. The second-order valence-electron chi connectivity index (χ2n) is 5.94. The second kappa shape index (κ2) is 9.11. The zero-order valence-corrected chi connectivity index (χ0v) is 15.5. The molecule has 0 spiro atoms. The molecule has 3 rings (SSSR count). The van der Waals surface area contributed by atoms with E-state index in [9.17, 15) is 4.79 Å². The minimum Gasteiger partial charge on any atom is -0.455 e. The summed E-state index contributed by atoms with van der Waals surface area (Å²) in [5.41, 5.74) is 3.14. The van der Waals surface area contributed by atoms with E-state index >= 15 is 0 Å². The molecule has 0 saturated carbocycles. The number of para-hydroxylation sites is 3. The first-order valence-electron chi connectivity index (χ1n) is 8.46. The van der Waals surface area contributed by atoms with Gasteiger partial charge in [0.1, 0.15) is 5.75 Å². The highest BCUT2D eigenvalue weighted by Gasteiger charge is 2.08. The van der Waals surface area contributed by atoms with Crippen LogP contribution < -0.4 is 10.1 Å². The van der Waals surface area contributed by atoms with Crippen molar-refractivity contribution in [3.05, 3.63) is 90.0 Å². The number of anilines is 1. The molecular formula is C22H21NO2S. The van der Waals surface area contributed by atoms with Gasteiger partial charge in [-0.3, -0.25) is 4.79 Å². The molecule has 1 amide bonds. The monoisotopic (exact) mass is 363 g/mol. The van der Waals surface area contributed by atoms with Crippen molar-refractivity contribution in [3.8, 4) is 11.5 Å². The van der Waals surface area contributed by atoms with Crippen molar-refractivity contribution in [1.29, 1.82) is 0 Å².